The summed E-state index contributed by atoms with van der Waals surface area (Å²) >= 11 is 0. The molecule has 1 aliphatic heterocycles. The second-order valence-electron chi connectivity index (χ2n) is 6.27. The molecule has 0 unspecified atom stereocenters. The SMILES string of the molecule is CC1(C)OB(c2cnc(NCc3ccon3)nc2)OC1(C)C. The first-order chi connectivity index (χ1) is 10.4. The highest BCUT2D eigenvalue weighted by molar-refractivity contribution is 6.61. The molecule has 116 valence electrons. The maximum absolute atomic E-state index is 5.96. The molecule has 0 atom stereocenters. The second-order valence-corrected chi connectivity index (χ2v) is 6.27. The van der Waals surface area contributed by atoms with Crippen LogP contribution < -0.4 is 10.8 Å². The highest BCUT2D eigenvalue weighted by atomic mass is 16.7. The van der Waals surface area contributed by atoms with E-state index in [4.69, 9.17) is 13.8 Å². The molecule has 7 nitrogen and oxygen atoms in total. The van der Waals surface area contributed by atoms with Gasteiger partial charge in [-0.15, -0.1) is 0 Å². The summed E-state index contributed by atoms with van der Waals surface area (Å²) in [4.78, 5) is 8.56. The summed E-state index contributed by atoms with van der Waals surface area (Å²) in [6, 6.07) is 1.78. The van der Waals surface area contributed by atoms with E-state index in [-0.39, 0.29) is 11.2 Å². The minimum Gasteiger partial charge on any atom is -0.399 e. The fourth-order valence-corrected chi connectivity index (χ4v) is 2.03. The van der Waals surface area contributed by atoms with Crippen LogP contribution in [0.4, 0.5) is 5.95 Å². The third-order valence-electron chi connectivity index (χ3n) is 4.12. The second kappa shape index (κ2) is 5.37. The molecule has 0 radical (unpaired) electrons. The third-order valence-corrected chi connectivity index (χ3v) is 4.12. The zero-order valence-electron chi connectivity index (χ0n) is 13.2. The molecule has 0 aromatic carbocycles. The maximum atomic E-state index is 5.96. The van der Waals surface area contributed by atoms with E-state index in [9.17, 15) is 0 Å². The Morgan fingerprint density at radius 1 is 1.09 bits per heavy atom. The summed E-state index contributed by atoms with van der Waals surface area (Å²) in [6.45, 7) is 8.57. The van der Waals surface area contributed by atoms with Crippen molar-refractivity contribution < 1.29 is 13.8 Å². The van der Waals surface area contributed by atoms with Crippen LogP contribution in [0.5, 0.6) is 0 Å². The first-order valence-electron chi connectivity index (χ1n) is 7.18. The van der Waals surface area contributed by atoms with E-state index in [2.05, 4.69) is 20.4 Å². The largest absolute Gasteiger partial charge is 0.498 e. The summed E-state index contributed by atoms with van der Waals surface area (Å²) in [7, 11) is -0.449. The maximum Gasteiger partial charge on any atom is 0.498 e. The van der Waals surface area contributed by atoms with Crippen molar-refractivity contribution in [2.45, 2.75) is 45.4 Å². The lowest BCUT2D eigenvalue weighted by molar-refractivity contribution is 0.00578. The first kappa shape index (κ1) is 15.0. The van der Waals surface area contributed by atoms with Crippen molar-refractivity contribution in [2.24, 2.45) is 0 Å². The van der Waals surface area contributed by atoms with Crippen molar-refractivity contribution >= 4 is 18.5 Å². The van der Waals surface area contributed by atoms with Crippen molar-refractivity contribution in [3.63, 3.8) is 0 Å². The number of hydrogen-bond acceptors (Lipinski definition) is 7. The Balaban J connectivity index is 1.65. The van der Waals surface area contributed by atoms with Gasteiger partial charge in [0.1, 0.15) is 12.0 Å². The number of nitrogens with zero attached hydrogens (tertiary/aromatic N) is 3. The molecule has 2 aromatic heterocycles. The smallest absolute Gasteiger partial charge is 0.399 e. The fraction of sp³-hybridized carbons (Fsp3) is 0.500. The van der Waals surface area contributed by atoms with E-state index in [0.29, 0.717) is 12.5 Å². The van der Waals surface area contributed by atoms with Gasteiger partial charge >= 0.3 is 7.12 Å². The van der Waals surface area contributed by atoms with Crippen LogP contribution in [0.15, 0.2) is 29.2 Å². The lowest BCUT2D eigenvalue weighted by Gasteiger charge is -2.32. The van der Waals surface area contributed by atoms with Crippen molar-refractivity contribution in [1.29, 1.82) is 0 Å². The quantitative estimate of drug-likeness (QED) is 0.854. The van der Waals surface area contributed by atoms with Crippen LogP contribution in [0.25, 0.3) is 0 Å². The average Bonchev–Trinajstić information content (AvgIpc) is 3.04. The molecule has 0 aliphatic carbocycles. The van der Waals surface area contributed by atoms with Gasteiger partial charge in [-0.25, -0.2) is 9.97 Å². The Morgan fingerprint density at radius 2 is 1.73 bits per heavy atom. The van der Waals surface area contributed by atoms with Gasteiger partial charge in [0.05, 0.1) is 17.7 Å². The molecule has 8 heteroatoms. The molecule has 1 saturated heterocycles. The van der Waals surface area contributed by atoms with Crippen LogP contribution in [0.2, 0.25) is 0 Å². The predicted octanol–water partition coefficient (Wildman–Crippen LogP) is 1.38. The summed E-state index contributed by atoms with van der Waals surface area (Å²) in [5.41, 5.74) is 0.840. The van der Waals surface area contributed by atoms with Gasteiger partial charge in [0.15, 0.2) is 0 Å². The number of hydrogen-bond donors (Lipinski definition) is 1. The third kappa shape index (κ3) is 2.84. The zero-order chi connectivity index (χ0) is 15.8. The zero-order valence-corrected chi connectivity index (χ0v) is 13.2. The first-order valence-corrected chi connectivity index (χ1v) is 7.18. The van der Waals surface area contributed by atoms with Crippen LogP contribution >= 0.6 is 0 Å². The lowest BCUT2D eigenvalue weighted by atomic mass is 9.81. The fourth-order valence-electron chi connectivity index (χ4n) is 2.03. The Bertz CT molecular complexity index is 612. The highest BCUT2D eigenvalue weighted by Crippen LogP contribution is 2.36. The number of anilines is 1. The molecule has 3 heterocycles. The van der Waals surface area contributed by atoms with E-state index < -0.39 is 7.12 Å². The van der Waals surface area contributed by atoms with Gasteiger partial charge in [-0.1, -0.05) is 5.16 Å². The van der Waals surface area contributed by atoms with E-state index in [0.717, 1.165) is 11.2 Å². The summed E-state index contributed by atoms with van der Waals surface area (Å²) in [5, 5.41) is 6.88. The van der Waals surface area contributed by atoms with Crippen LogP contribution in [-0.2, 0) is 15.9 Å². The number of aromatic nitrogens is 3. The van der Waals surface area contributed by atoms with Crippen LogP contribution in [0, 0.1) is 0 Å². The molecule has 1 N–H and O–H groups in total. The molecule has 1 fully saturated rings. The summed E-state index contributed by atoms with van der Waals surface area (Å²) in [5.74, 6) is 0.517. The lowest BCUT2D eigenvalue weighted by Crippen LogP contribution is -2.41. The monoisotopic (exact) mass is 302 g/mol. The summed E-state index contributed by atoms with van der Waals surface area (Å²) in [6.07, 6.45) is 4.94. The van der Waals surface area contributed by atoms with Crippen LogP contribution in [0.1, 0.15) is 33.4 Å². The van der Waals surface area contributed by atoms with Gasteiger partial charge in [-0.3, -0.25) is 0 Å². The van der Waals surface area contributed by atoms with E-state index in [1.54, 1.807) is 18.5 Å². The van der Waals surface area contributed by atoms with Crippen molar-refractivity contribution in [3.05, 3.63) is 30.4 Å². The molecule has 0 saturated carbocycles. The van der Waals surface area contributed by atoms with E-state index >= 15 is 0 Å². The number of nitrogens with one attached hydrogen (secondary N) is 1. The van der Waals surface area contributed by atoms with Crippen molar-refractivity contribution in [3.8, 4) is 0 Å². The van der Waals surface area contributed by atoms with E-state index in [1.165, 1.54) is 6.26 Å². The minimum absolute atomic E-state index is 0.373. The standard InChI is InChI=1S/C14H19BN4O3/c1-13(2)14(3,4)22-15(21-13)10-7-16-12(17-8-10)18-9-11-5-6-20-19-11/h5-8H,9H2,1-4H3,(H,16,17,18). The molecule has 1 aliphatic rings. The molecular weight excluding hydrogens is 283 g/mol. The molecular formula is C14H19BN4O3. The van der Waals surface area contributed by atoms with Gasteiger partial charge in [0.2, 0.25) is 5.95 Å². The predicted molar refractivity (Wildman–Crippen MR) is 81.6 cm³/mol. The van der Waals surface area contributed by atoms with Gasteiger partial charge in [0.25, 0.3) is 0 Å². The molecule has 22 heavy (non-hydrogen) atoms. The minimum atomic E-state index is -0.449. The molecule has 3 rings (SSSR count). The molecule has 0 spiro atoms. The van der Waals surface area contributed by atoms with Crippen molar-refractivity contribution in [2.75, 3.05) is 5.32 Å². The highest BCUT2D eigenvalue weighted by Gasteiger charge is 2.51. The van der Waals surface area contributed by atoms with Crippen LogP contribution in [-0.4, -0.2) is 33.4 Å². The Morgan fingerprint density at radius 3 is 2.27 bits per heavy atom. The topological polar surface area (TPSA) is 82.3 Å². The average molecular weight is 302 g/mol. The normalized spacial score (nSPS) is 19.4. The van der Waals surface area contributed by atoms with Gasteiger partial charge in [-0.2, -0.15) is 0 Å². The summed E-state index contributed by atoms with van der Waals surface area (Å²) < 4.78 is 16.7. The number of rotatable bonds is 4. The molecule has 0 bridgehead atoms. The Hall–Kier alpha value is -1.93. The Labute approximate surface area is 129 Å². The molecule has 0 amide bonds. The van der Waals surface area contributed by atoms with Gasteiger partial charge in [-0.05, 0) is 27.7 Å². The van der Waals surface area contributed by atoms with Crippen LogP contribution in [0.3, 0.4) is 0 Å². The molecule has 2 aromatic rings. The Kier molecular flexibility index (Phi) is 3.66. The van der Waals surface area contributed by atoms with Gasteiger partial charge < -0.3 is 19.1 Å². The van der Waals surface area contributed by atoms with E-state index in [1.807, 2.05) is 27.7 Å². The van der Waals surface area contributed by atoms with Gasteiger partial charge in [0, 0.05) is 23.9 Å². The van der Waals surface area contributed by atoms with Crippen molar-refractivity contribution in [1.82, 2.24) is 15.1 Å².